The molecule has 0 aliphatic rings. The Morgan fingerprint density at radius 2 is 2.00 bits per heavy atom. The topological polar surface area (TPSA) is 22.1 Å². The van der Waals surface area contributed by atoms with Crippen LogP contribution in [0.3, 0.4) is 0 Å². The van der Waals surface area contributed by atoms with Crippen molar-refractivity contribution in [2.45, 2.75) is 6.36 Å². The smallest absolute Gasteiger partial charge is 0.388 e. The van der Waals surface area contributed by atoms with Gasteiger partial charge in [0.1, 0.15) is 0 Å². The molecule has 2 nitrogen and oxygen atoms in total. The number of rotatable bonds is 1. The summed E-state index contributed by atoms with van der Waals surface area (Å²) in [5.74, 6) is -1.66. The Kier molecular flexibility index (Phi) is 3.40. The normalized spacial score (nSPS) is 11.6. The van der Waals surface area contributed by atoms with E-state index in [4.69, 9.17) is 11.6 Å². The van der Waals surface area contributed by atoms with Gasteiger partial charge in [0.25, 0.3) is 0 Å². The van der Waals surface area contributed by atoms with E-state index in [1.807, 2.05) is 0 Å². The molecule has 0 aliphatic heterocycles. The fraction of sp³-hybridized carbons (Fsp3) is 0.167. The third kappa shape index (κ3) is 3.12. The van der Waals surface area contributed by atoms with Crippen LogP contribution in [0, 0.1) is 9.39 Å². The highest BCUT2D eigenvalue weighted by molar-refractivity contribution is 14.1. The van der Waals surface area contributed by atoms with E-state index in [0.717, 1.165) is 6.07 Å². The Labute approximate surface area is 94.4 Å². The van der Waals surface area contributed by atoms with Gasteiger partial charge in [0.15, 0.2) is 11.0 Å². The maximum atomic E-state index is 12.8. The molecule has 1 rings (SSSR count). The SMILES string of the molecule is Fc1c(I)cc(OC(F)(F)F)nc1Cl. The first-order chi connectivity index (χ1) is 6.29. The maximum Gasteiger partial charge on any atom is 0.574 e. The molecule has 1 aromatic rings. The van der Waals surface area contributed by atoms with E-state index in [1.54, 1.807) is 0 Å². The predicted molar refractivity (Wildman–Crippen MR) is 48.6 cm³/mol. The van der Waals surface area contributed by atoms with E-state index in [0.29, 0.717) is 0 Å². The van der Waals surface area contributed by atoms with Crippen molar-refractivity contribution >= 4 is 34.2 Å². The number of alkyl halides is 3. The number of hydrogen-bond acceptors (Lipinski definition) is 2. The number of pyridine rings is 1. The molecule has 14 heavy (non-hydrogen) atoms. The average Bonchev–Trinajstić information content (AvgIpc) is 1.96. The van der Waals surface area contributed by atoms with Crippen molar-refractivity contribution in [1.29, 1.82) is 0 Å². The first-order valence-corrected chi connectivity index (χ1v) is 4.52. The molecular weight excluding hydrogens is 340 g/mol. The molecule has 0 fully saturated rings. The van der Waals surface area contributed by atoms with Crippen LogP contribution in [0.15, 0.2) is 6.07 Å². The molecule has 0 spiro atoms. The molecule has 0 aliphatic carbocycles. The largest absolute Gasteiger partial charge is 0.574 e. The molecule has 0 radical (unpaired) electrons. The zero-order valence-corrected chi connectivity index (χ0v) is 9.11. The summed E-state index contributed by atoms with van der Waals surface area (Å²) >= 11 is 6.69. The second-order valence-corrected chi connectivity index (χ2v) is 3.62. The van der Waals surface area contributed by atoms with Crippen LogP contribution in [-0.4, -0.2) is 11.3 Å². The van der Waals surface area contributed by atoms with E-state index in [9.17, 15) is 17.6 Å². The van der Waals surface area contributed by atoms with Gasteiger partial charge in [-0.2, -0.15) is 4.98 Å². The summed E-state index contributed by atoms with van der Waals surface area (Å²) in [6.45, 7) is 0. The summed E-state index contributed by atoms with van der Waals surface area (Å²) in [6.07, 6.45) is -4.86. The maximum absolute atomic E-state index is 12.8. The number of halogens is 6. The average molecular weight is 341 g/mol. The van der Waals surface area contributed by atoms with Crippen molar-refractivity contribution in [2.75, 3.05) is 0 Å². The molecule has 8 heteroatoms. The molecular formula is C6HClF4INO. The Morgan fingerprint density at radius 3 is 2.43 bits per heavy atom. The van der Waals surface area contributed by atoms with Crippen molar-refractivity contribution < 1.29 is 22.3 Å². The van der Waals surface area contributed by atoms with Gasteiger partial charge in [0.05, 0.1) is 3.57 Å². The van der Waals surface area contributed by atoms with Crippen LogP contribution in [-0.2, 0) is 0 Å². The van der Waals surface area contributed by atoms with Gasteiger partial charge in [0.2, 0.25) is 5.88 Å². The monoisotopic (exact) mass is 341 g/mol. The first-order valence-electron chi connectivity index (χ1n) is 3.07. The van der Waals surface area contributed by atoms with Gasteiger partial charge in [-0.3, -0.25) is 0 Å². The van der Waals surface area contributed by atoms with Crippen molar-refractivity contribution in [3.05, 3.63) is 20.6 Å². The highest BCUT2D eigenvalue weighted by atomic mass is 127. The summed E-state index contributed by atoms with van der Waals surface area (Å²) in [7, 11) is 0. The molecule has 0 amide bonds. The van der Waals surface area contributed by atoms with Gasteiger partial charge in [-0.1, -0.05) is 11.6 Å². The second kappa shape index (κ2) is 4.05. The van der Waals surface area contributed by atoms with E-state index >= 15 is 0 Å². The van der Waals surface area contributed by atoms with E-state index in [2.05, 4.69) is 9.72 Å². The molecule has 78 valence electrons. The Bertz CT molecular complexity index is 333. The minimum atomic E-state index is -4.86. The summed E-state index contributed by atoms with van der Waals surface area (Å²) in [6, 6.07) is 0.801. The van der Waals surface area contributed by atoms with Crippen molar-refractivity contribution in [2.24, 2.45) is 0 Å². The van der Waals surface area contributed by atoms with E-state index in [1.165, 1.54) is 22.6 Å². The molecule has 0 N–H and O–H groups in total. The van der Waals surface area contributed by atoms with Crippen LogP contribution in [0.4, 0.5) is 17.6 Å². The quantitative estimate of drug-likeness (QED) is 0.444. The van der Waals surface area contributed by atoms with Gasteiger partial charge in [-0.05, 0) is 22.6 Å². The number of hydrogen-bond donors (Lipinski definition) is 0. The minimum Gasteiger partial charge on any atom is -0.388 e. The summed E-state index contributed by atoms with van der Waals surface area (Å²) in [5.41, 5.74) is 0. The predicted octanol–water partition coefficient (Wildman–Crippen LogP) is 3.38. The van der Waals surface area contributed by atoms with Crippen LogP contribution in [0.5, 0.6) is 5.88 Å². The van der Waals surface area contributed by atoms with Gasteiger partial charge < -0.3 is 4.74 Å². The molecule has 0 unspecified atom stereocenters. The molecule has 1 aromatic heterocycles. The van der Waals surface area contributed by atoms with Crippen LogP contribution in [0.2, 0.25) is 5.15 Å². The highest BCUT2D eigenvalue weighted by Crippen LogP contribution is 2.26. The zero-order valence-electron chi connectivity index (χ0n) is 6.20. The summed E-state index contributed by atoms with van der Waals surface area (Å²) in [5, 5.41) is -0.656. The molecule has 0 bridgehead atoms. The van der Waals surface area contributed by atoms with Crippen LogP contribution >= 0.6 is 34.2 Å². The lowest BCUT2D eigenvalue weighted by Gasteiger charge is -2.08. The van der Waals surface area contributed by atoms with Crippen molar-refractivity contribution in [3.63, 3.8) is 0 Å². The fourth-order valence-corrected chi connectivity index (χ4v) is 1.49. The summed E-state index contributed by atoms with van der Waals surface area (Å²) in [4.78, 5) is 3.06. The van der Waals surface area contributed by atoms with E-state index in [-0.39, 0.29) is 3.57 Å². The standard InChI is InChI=1S/C6HClF4INO/c7-5-4(8)2(12)1-3(13-5)14-6(9,10)11/h1H. The Morgan fingerprint density at radius 1 is 1.43 bits per heavy atom. The molecule has 0 atom stereocenters. The Hall–Kier alpha value is -0.310. The van der Waals surface area contributed by atoms with Crippen molar-refractivity contribution in [1.82, 2.24) is 4.98 Å². The first kappa shape index (κ1) is 11.8. The van der Waals surface area contributed by atoms with Crippen LogP contribution in [0.25, 0.3) is 0 Å². The number of nitrogens with zero attached hydrogens (tertiary/aromatic N) is 1. The lowest BCUT2D eigenvalue weighted by atomic mass is 10.5. The van der Waals surface area contributed by atoms with Gasteiger partial charge in [-0.25, -0.2) is 4.39 Å². The van der Waals surface area contributed by atoms with Crippen LogP contribution < -0.4 is 4.74 Å². The third-order valence-electron chi connectivity index (χ3n) is 1.07. The summed E-state index contributed by atoms with van der Waals surface area (Å²) < 4.78 is 51.3. The second-order valence-electron chi connectivity index (χ2n) is 2.09. The lowest BCUT2D eigenvalue weighted by molar-refractivity contribution is -0.276. The number of aromatic nitrogens is 1. The third-order valence-corrected chi connectivity index (χ3v) is 2.11. The highest BCUT2D eigenvalue weighted by Gasteiger charge is 2.32. The molecule has 0 aromatic carbocycles. The van der Waals surface area contributed by atoms with Crippen molar-refractivity contribution in [3.8, 4) is 5.88 Å². The minimum absolute atomic E-state index is 0.0955. The molecule has 0 saturated carbocycles. The van der Waals surface area contributed by atoms with Crippen LogP contribution in [0.1, 0.15) is 0 Å². The number of ether oxygens (including phenoxy) is 1. The lowest BCUT2D eigenvalue weighted by Crippen LogP contribution is -2.18. The van der Waals surface area contributed by atoms with Gasteiger partial charge in [0, 0.05) is 6.07 Å². The van der Waals surface area contributed by atoms with Gasteiger partial charge >= 0.3 is 6.36 Å². The van der Waals surface area contributed by atoms with E-state index < -0.39 is 23.2 Å². The molecule has 0 saturated heterocycles. The van der Waals surface area contributed by atoms with Gasteiger partial charge in [-0.15, -0.1) is 13.2 Å². The molecule has 1 heterocycles. The fourth-order valence-electron chi connectivity index (χ4n) is 0.619. The zero-order chi connectivity index (χ0) is 10.9. The Balaban J connectivity index is 3.02.